The van der Waals surface area contributed by atoms with Gasteiger partial charge in [0.15, 0.2) is 0 Å². The molecule has 0 spiro atoms. The van der Waals surface area contributed by atoms with E-state index in [0.717, 1.165) is 18.2 Å². The highest BCUT2D eigenvalue weighted by Crippen LogP contribution is 2.15. The van der Waals surface area contributed by atoms with Crippen LogP contribution in [0.1, 0.15) is 19.4 Å². The van der Waals surface area contributed by atoms with E-state index in [1.165, 1.54) is 13.8 Å². The molecule has 0 amide bonds. The summed E-state index contributed by atoms with van der Waals surface area (Å²) in [7, 11) is 0. The molecule has 0 bridgehead atoms. The lowest BCUT2D eigenvalue weighted by Gasteiger charge is -2.05. The van der Waals surface area contributed by atoms with Crippen LogP contribution in [0.5, 0.6) is 0 Å². The van der Waals surface area contributed by atoms with E-state index in [1.54, 1.807) is 0 Å². The Morgan fingerprint density at radius 3 is 2.56 bits per heavy atom. The van der Waals surface area contributed by atoms with Gasteiger partial charge in [-0.25, -0.2) is 4.39 Å². The largest absolute Gasteiger partial charge is 0.378 e. The Hall–Kier alpha value is -1.93. The first-order valence-electron chi connectivity index (χ1n) is 4.48. The number of hydrogen-bond donors (Lipinski definition) is 1. The van der Waals surface area contributed by atoms with Crippen molar-refractivity contribution in [3.63, 3.8) is 0 Å². The summed E-state index contributed by atoms with van der Waals surface area (Å²) in [6.07, 6.45) is 0. The maximum atomic E-state index is 13.0. The number of halogens is 1. The second-order valence-corrected chi connectivity index (χ2v) is 3.76. The summed E-state index contributed by atoms with van der Waals surface area (Å²) in [4.78, 5) is 9.75. The molecule has 0 aromatic heterocycles. The zero-order chi connectivity index (χ0) is 12.3. The summed E-state index contributed by atoms with van der Waals surface area (Å²) < 4.78 is 13.0. The van der Waals surface area contributed by atoms with Gasteiger partial charge in [0.05, 0.1) is 11.0 Å². The minimum atomic E-state index is -1.22. The molecule has 4 nitrogen and oxygen atoms in total. The van der Waals surface area contributed by atoms with E-state index in [1.807, 2.05) is 0 Å². The van der Waals surface area contributed by atoms with Gasteiger partial charge in [0.25, 0.3) is 5.69 Å². The zero-order valence-corrected chi connectivity index (χ0v) is 8.82. The van der Waals surface area contributed by atoms with Gasteiger partial charge in [0, 0.05) is 11.6 Å². The number of nitro benzene ring substituents is 1. The fourth-order valence-corrected chi connectivity index (χ4v) is 0.977. The molecular formula is C11H10FNO3. The van der Waals surface area contributed by atoms with Crippen molar-refractivity contribution in [1.29, 1.82) is 0 Å². The van der Waals surface area contributed by atoms with E-state index in [4.69, 9.17) is 0 Å². The molecule has 0 saturated carbocycles. The van der Waals surface area contributed by atoms with Crippen LogP contribution >= 0.6 is 0 Å². The third-order valence-electron chi connectivity index (χ3n) is 1.61. The molecule has 0 fully saturated rings. The van der Waals surface area contributed by atoms with Gasteiger partial charge in [-0.2, -0.15) is 0 Å². The van der Waals surface area contributed by atoms with E-state index in [0.29, 0.717) is 0 Å². The minimum absolute atomic E-state index is 0.161. The third kappa shape index (κ3) is 3.67. The van der Waals surface area contributed by atoms with Gasteiger partial charge in [-0.15, -0.1) is 0 Å². The lowest BCUT2D eigenvalue weighted by atomic mass is 10.1. The van der Waals surface area contributed by atoms with Crippen LogP contribution in [0.2, 0.25) is 0 Å². The van der Waals surface area contributed by atoms with Crippen molar-refractivity contribution in [3.8, 4) is 11.8 Å². The highest BCUT2D eigenvalue weighted by Gasteiger charge is 2.10. The van der Waals surface area contributed by atoms with Crippen molar-refractivity contribution >= 4 is 5.69 Å². The van der Waals surface area contributed by atoms with Crippen molar-refractivity contribution in [2.75, 3.05) is 0 Å². The zero-order valence-electron chi connectivity index (χ0n) is 8.82. The number of nitrogens with zero attached hydrogens (tertiary/aromatic N) is 1. The van der Waals surface area contributed by atoms with Crippen LogP contribution in [0.15, 0.2) is 18.2 Å². The first-order valence-corrected chi connectivity index (χ1v) is 4.48. The van der Waals surface area contributed by atoms with Crippen LogP contribution in [0.4, 0.5) is 10.1 Å². The topological polar surface area (TPSA) is 63.4 Å². The molecule has 0 aliphatic rings. The SMILES string of the molecule is CC(C)(O)C#Cc1cc(F)cc([N+](=O)[O-])c1. The lowest BCUT2D eigenvalue weighted by molar-refractivity contribution is -0.385. The Morgan fingerprint density at radius 2 is 2.06 bits per heavy atom. The summed E-state index contributed by atoms with van der Waals surface area (Å²) in [5, 5.41) is 19.8. The number of benzene rings is 1. The van der Waals surface area contributed by atoms with Crippen LogP contribution in [-0.2, 0) is 0 Å². The lowest BCUT2D eigenvalue weighted by Crippen LogP contribution is -2.14. The maximum Gasteiger partial charge on any atom is 0.273 e. The van der Waals surface area contributed by atoms with Gasteiger partial charge in [0.2, 0.25) is 0 Å². The Bertz CT molecular complexity index is 480. The fourth-order valence-electron chi connectivity index (χ4n) is 0.977. The van der Waals surface area contributed by atoms with Crippen molar-refractivity contribution in [2.45, 2.75) is 19.4 Å². The number of hydrogen-bond acceptors (Lipinski definition) is 3. The summed E-state index contributed by atoms with van der Waals surface area (Å²) in [5.74, 6) is 4.20. The van der Waals surface area contributed by atoms with Crippen LogP contribution in [0, 0.1) is 27.8 Å². The molecular weight excluding hydrogens is 213 g/mol. The molecule has 1 N–H and O–H groups in total. The summed E-state index contributed by atoms with van der Waals surface area (Å²) in [5.41, 5.74) is -1.42. The monoisotopic (exact) mass is 223 g/mol. The van der Waals surface area contributed by atoms with E-state index in [-0.39, 0.29) is 11.3 Å². The second kappa shape index (κ2) is 4.29. The quantitative estimate of drug-likeness (QED) is 0.449. The molecule has 1 aromatic carbocycles. The Labute approximate surface area is 91.9 Å². The maximum absolute atomic E-state index is 13.0. The molecule has 0 radical (unpaired) electrons. The van der Waals surface area contributed by atoms with Crippen LogP contribution < -0.4 is 0 Å². The van der Waals surface area contributed by atoms with E-state index in [2.05, 4.69) is 11.8 Å². The molecule has 0 aliphatic heterocycles. The average molecular weight is 223 g/mol. The predicted molar refractivity (Wildman–Crippen MR) is 56.2 cm³/mol. The van der Waals surface area contributed by atoms with Crippen molar-refractivity contribution in [3.05, 3.63) is 39.7 Å². The highest BCUT2D eigenvalue weighted by atomic mass is 19.1. The normalized spacial score (nSPS) is 10.5. The van der Waals surface area contributed by atoms with Gasteiger partial charge >= 0.3 is 0 Å². The Balaban J connectivity index is 3.14. The number of rotatable bonds is 1. The van der Waals surface area contributed by atoms with Crippen molar-refractivity contribution < 1.29 is 14.4 Å². The Morgan fingerprint density at radius 1 is 1.44 bits per heavy atom. The third-order valence-corrected chi connectivity index (χ3v) is 1.61. The van der Waals surface area contributed by atoms with Gasteiger partial charge in [-0.3, -0.25) is 10.1 Å². The molecule has 0 unspecified atom stereocenters. The second-order valence-electron chi connectivity index (χ2n) is 3.76. The molecule has 1 aromatic rings. The number of nitro groups is 1. The predicted octanol–water partition coefficient (Wildman–Crippen LogP) is 1.86. The van der Waals surface area contributed by atoms with Gasteiger partial charge in [0.1, 0.15) is 11.4 Å². The molecule has 0 saturated heterocycles. The standard InChI is InChI=1S/C11H10FNO3/c1-11(2,14)4-3-8-5-9(12)7-10(6-8)13(15)16/h5-7,14H,1-2H3. The first kappa shape index (κ1) is 12.1. The van der Waals surface area contributed by atoms with Crippen LogP contribution in [0.25, 0.3) is 0 Å². The summed E-state index contributed by atoms with van der Waals surface area (Å²) in [6.45, 7) is 2.93. The molecule has 0 heterocycles. The van der Waals surface area contributed by atoms with Gasteiger partial charge in [-0.05, 0) is 19.9 Å². The van der Waals surface area contributed by atoms with Crippen molar-refractivity contribution in [1.82, 2.24) is 0 Å². The number of aliphatic hydroxyl groups is 1. The van der Waals surface area contributed by atoms with Crippen LogP contribution in [0.3, 0.4) is 0 Å². The molecule has 5 heteroatoms. The molecule has 0 atom stereocenters. The molecule has 1 rings (SSSR count). The fraction of sp³-hybridized carbons (Fsp3) is 0.273. The minimum Gasteiger partial charge on any atom is -0.378 e. The molecule has 84 valence electrons. The van der Waals surface area contributed by atoms with E-state index in [9.17, 15) is 19.6 Å². The van der Waals surface area contributed by atoms with Gasteiger partial charge in [-0.1, -0.05) is 11.8 Å². The van der Waals surface area contributed by atoms with E-state index >= 15 is 0 Å². The summed E-state index contributed by atoms with van der Waals surface area (Å²) >= 11 is 0. The van der Waals surface area contributed by atoms with E-state index < -0.39 is 16.3 Å². The van der Waals surface area contributed by atoms with Gasteiger partial charge < -0.3 is 5.11 Å². The average Bonchev–Trinajstić information content (AvgIpc) is 2.13. The first-order chi connectivity index (χ1) is 7.28. The molecule has 16 heavy (non-hydrogen) atoms. The summed E-state index contributed by atoms with van der Waals surface area (Å²) in [6, 6.07) is 3.04. The Kier molecular flexibility index (Phi) is 3.25. The number of non-ortho nitro benzene ring substituents is 1. The van der Waals surface area contributed by atoms with Crippen LogP contribution in [-0.4, -0.2) is 15.6 Å². The smallest absolute Gasteiger partial charge is 0.273 e. The van der Waals surface area contributed by atoms with Crippen molar-refractivity contribution in [2.24, 2.45) is 0 Å². The highest BCUT2D eigenvalue weighted by molar-refractivity contribution is 5.44. The molecule has 0 aliphatic carbocycles.